The molecule has 1 aliphatic carbocycles. The number of carbonyl (C=O) groups is 2. The summed E-state index contributed by atoms with van der Waals surface area (Å²) in [5.74, 6) is 0.931. The van der Waals surface area contributed by atoms with Crippen molar-refractivity contribution in [2.24, 2.45) is 0 Å². The van der Waals surface area contributed by atoms with Crippen LogP contribution in [0.1, 0.15) is 73.7 Å². The molecule has 1 fully saturated rings. The highest BCUT2D eigenvalue weighted by molar-refractivity contribution is 7.11. The highest BCUT2D eigenvalue weighted by Gasteiger charge is 2.33. The molecule has 2 aromatic rings. The van der Waals surface area contributed by atoms with Crippen LogP contribution in [0.5, 0.6) is 0 Å². The molecule has 2 aliphatic rings. The van der Waals surface area contributed by atoms with Crippen molar-refractivity contribution in [2.75, 3.05) is 13.1 Å². The number of furan rings is 1. The van der Waals surface area contributed by atoms with Crippen molar-refractivity contribution in [3.05, 3.63) is 38.7 Å². The van der Waals surface area contributed by atoms with E-state index in [-0.39, 0.29) is 17.6 Å². The molecule has 1 amide bonds. The lowest BCUT2D eigenvalue weighted by Gasteiger charge is -2.31. The molecule has 0 bridgehead atoms. The Bertz CT molecular complexity index is 816. The molecule has 4 rings (SSSR count). The number of Topliss-reactive ketones (excluding diaryl/α,β-unsaturated/α-hetero) is 1. The van der Waals surface area contributed by atoms with Crippen molar-refractivity contribution in [1.29, 1.82) is 0 Å². The SMILES string of the molecule is Cc1nc(C2CCCN(C(=O)c3coc4c3C(=O)CCC4)C2)sc1C. The summed E-state index contributed by atoms with van der Waals surface area (Å²) in [7, 11) is 0. The highest BCUT2D eigenvalue weighted by atomic mass is 32.1. The van der Waals surface area contributed by atoms with E-state index in [2.05, 4.69) is 11.9 Å². The molecule has 0 aromatic carbocycles. The number of ketones is 1. The van der Waals surface area contributed by atoms with Crippen molar-refractivity contribution < 1.29 is 14.0 Å². The Hall–Kier alpha value is -1.95. The number of aromatic nitrogens is 1. The summed E-state index contributed by atoms with van der Waals surface area (Å²) < 4.78 is 5.52. The molecule has 0 saturated carbocycles. The average molecular weight is 358 g/mol. The van der Waals surface area contributed by atoms with Gasteiger partial charge in [-0.2, -0.15) is 0 Å². The molecule has 6 heteroatoms. The van der Waals surface area contributed by atoms with Gasteiger partial charge < -0.3 is 9.32 Å². The third-order valence-corrected chi connectivity index (χ3v) is 6.52. The van der Waals surface area contributed by atoms with Crippen LogP contribution in [-0.2, 0) is 6.42 Å². The molecule has 132 valence electrons. The minimum Gasteiger partial charge on any atom is -0.468 e. The summed E-state index contributed by atoms with van der Waals surface area (Å²) in [4.78, 5) is 33.1. The lowest BCUT2D eigenvalue weighted by Crippen LogP contribution is -2.39. The number of amides is 1. The normalized spacial score (nSPS) is 20.6. The predicted molar refractivity (Wildman–Crippen MR) is 95.4 cm³/mol. The van der Waals surface area contributed by atoms with Gasteiger partial charge in [0.05, 0.1) is 21.8 Å². The predicted octanol–water partition coefficient (Wildman–Crippen LogP) is 3.89. The fourth-order valence-corrected chi connectivity index (χ4v) is 4.83. The summed E-state index contributed by atoms with van der Waals surface area (Å²) in [6, 6.07) is 0. The fraction of sp³-hybridized carbons (Fsp3) is 0.526. The standard InChI is InChI=1S/C19H22N2O3S/c1-11-12(2)25-18(20-11)13-5-4-8-21(9-13)19(23)14-10-24-16-7-3-6-15(22)17(14)16/h10,13H,3-9H2,1-2H3. The Morgan fingerprint density at radius 1 is 1.32 bits per heavy atom. The molecule has 0 radical (unpaired) electrons. The number of piperidine rings is 1. The zero-order valence-corrected chi connectivity index (χ0v) is 15.4. The van der Waals surface area contributed by atoms with E-state index >= 15 is 0 Å². The van der Waals surface area contributed by atoms with Gasteiger partial charge in [0.25, 0.3) is 5.91 Å². The molecule has 5 nitrogen and oxygen atoms in total. The molecule has 3 heterocycles. The van der Waals surface area contributed by atoms with Gasteiger partial charge in [0, 0.05) is 36.7 Å². The fourth-order valence-electron chi connectivity index (χ4n) is 3.79. The van der Waals surface area contributed by atoms with Gasteiger partial charge >= 0.3 is 0 Å². The van der Waals surface area contributed by atoms with Gasteiger partial charge in [-0.25, -0.2) is 4.98 Å². The van der Waals surface area contributed by atoms with Crippen LogP contribution in [0.3, 0.4) is 0 Å². The largest absolute Gasteiger partial charge is 0.468 e. The molecule has 1 aliphatic heterocycles. The van der Waals surface area contributed by atoms with Gasteiger partial charge in [0.2, 0.25) is 0 Å². The molecular weight excluding hydrogens is 336 g/mol. The summed E-state index contributed by atoms with van der Waals surface area (Å²) in [5, 5.41) is 1.12. The van der Waals surface area contributed by atoms with Crippen LogP contribution >= 0.6 is 11.3 Å². The second kappa shape index (κ2) is 6.41. The molecule has 1 saturated heterocycles. The van der Waals surface area contributed by atoms with Gasteiger partial charge in [-0.05, 0) is 33.1 Å². The van der Waals surface area contributed by atoms with Gasteiger partial charge in [-0.1, -0.05) is 0 Å². The number of fused-ring (bicyclic) bond motifs is 1. The van der Waals surface area contributed by atoms with Crippen LogP contribution in [0, 0.1) is 13.8 Å². The van der Waals surface area contributed by atoms with Crippen molar-refractivity contribution in [1.82, 2.24) is 9.88 Å². The summed E-state index contributed by atoms with van der Waals surface area (Å²) in [6.45, 7) is 5.52. The zero-order chi connectivity index (χ0) is 17.6. The van der Waals surface area contributed by atoms with E-state index in [1.54, 1.807) is 11.3 Å². The molecule has 25 heavy (non-hydrogen) atoms. The first-order valence-electron chi connectivity index (χ1n) is 8.91. The summed E-state index contributed by atoms with van der Waals surface area (Å²) in [6.07, 6.45) is 5.56. The third-order valence-electron chi connectivity index (χ3n) is 5.29. The number of hydrogen-bond donors (Lipinski definition) is 0. The van der Waals surface area contributed by atoms with Crippen LogP contribution in [0.2, 0.25) is 0 Å². The van der Waals surface area contributed by atoms with Crippen LogP contribution in [0.25, 0.3) is 0 Å². The Labute approximate surface area is 151 Å². The smallest absolute Gasteiger partial charge is 0.257 e. The number of hydrogen-bond acceptors (Lipinski definition) is 5. The summed E-state index contributed by atoms with van der Waals surface area (Å²) >= 11 is 1.73. The minimum atomic E-state index is -0.0741. The van der Waals surface area contributed by atoms with Crippen molar-refractivity contribution in [3.63, 3.8) is 0 Å². The monoisotopic (exact) mass is 358 g/mol. The van der Waals surface area contributed by atoms with Crippen molar-refractivity contribution >= 4 is 23.0 Å². The zero-order valence-electron chi connectivity index (χ0n) is 14.6. The van der Waals surface area contributed by atoms with Crippen LogP contribution in [0.15, 0.2) is 10.7 Å². The van der Waals surface area contributed by atoms with E-state index < -0.39 is 0 Å². The first-order chi connectivity index (χ1) is 12.0. The second-order valence-corrected chi connectivity index (χ2v) is 8.24. The van der Waals surface area contributed by atoms with E-state index in [4.69, 9.17) is 4.42 Å². The van der Waals surface area contributed by atoms with Gasteiger partial charge in [-0.3, -0.25) is 9.59 Å². The van der Waals surface area contributed by atoms with E-state index in [9.17, 15) is 9.59 Å². The first kappa shape index (κ1) is 16.5. The lowest BCUT2D eigenvalue weighted by atomic mass is 9.93. The number of rotatable bonds is 2. The van der Waals surface area contributed by atoms with E-state index in [0.717, 1.165) is 42.9 Å². The van der Waals surface area contributed by atoms with Gasteiger partial charge in [0.1, 0.15) is 12.0 Å². The third kappa shape index (κ3) is 2.92. The lowest BCUT2D eigenvalue weighted by molar-refractivity contribution is 0.0702. The first-order valence-corrected chi connectivity index (χ1v) is 9.73. The van der Waals surface area contributed by atoms with E-state index in [1.165, 1.54) is 11.1 Å². The average Bonchev–Trinajstić information content (AvgIpc) is 3.19. The topological polar surface area (TPSA) is 63.4 Å². The maximum atomic E-state index is 13.0. The van der Waals surface area contributed by atoms with Gasteiger partial charge in [-0.15, -0.1) is 11.3 Å². The number of nitrogens with zero attached hydrogens (tertiary/aromatic N) is 2. The molecule has 1 unspecified atom stereocenters. The maximum Gasteiger partial charge on any atom is 0.257 e. The highest BCUT2D eigenvalue weighted by Crippen LogP contribution is 2.33. The maximum absolute atomic E-state index is 13.0. The molecule has 0 spiro atoms. The molecule has 0 N–H and O–H groups in total. The van der Waals surface area contributed by atoms with Crippen LogP contribution in [0.4, 0.5) is 0 Å². The Morgan fingerprint density at radius 2 is 2.16 bits per heavy atom. The van der Waals surface area contributed by atoms with Crippen molar-refractivity contribution in [3.8, 4) is 0 Å². The number of thiazole rings is 1. The van der Waals surface area contributed by atoms with Crippen LogP contribution < -0.4 is 0 Å². The number of carbonyl (C=O) groups excluding carboxylic acids is 2. The molecule has 2 aromatic heterocycles. The quantitative estimate of drug-likeness (QED) is 0.817. The Balaban J connectivity index is 1.56. The molecular formula is C19H22N2O3S. The van der Waals surface area contributed by atoms with Gasteiger partial charge in [0.15, 0.2) is 5.78 Å². The van der Waals surface area contributed by atoms with Crippen LogP contribution in [-0.4, -0.2) is 34.7 Å². The number of aryl methyl sites for hydroxylation is 3. The van der Waals surface area contributed by atoms with E-state index in [0.29, 0.717) is 29.9 Å². The minimum absolute atomic E-state index is 0.0399. The Kier molecular flexibility index (Phi) is 4.23. The number of likely N-dealkylation sites (tertiary alicyclic amines) is 1. The van der Waals surface area contributed by atoms with E-state index in [1.807, 2.05) is 11.8 Å². The second-order valence-electron chi connectivity index (χ2n) is 7.01. The Morgan fingerprint density at radius 3 is 2.92 bits per heavy atom. The van der Waals surface area contributed by atoms with Crippen molar-refractivity contribution in [2.45, 2.75) is 51.9 Å². The molecule has 1 atom stereocenters. The summed E-state index contributed by atoms with van der Waals surface area (Å²) in [5.41, 5.74) is 2.06.